The number of aromatic nitrogens is 1. The molecule has 1 saturated heterocycles. The van der Waals surface area contributed by atoms with Crippen molar-refractivity contribution >= 4 is 11.5 Å². The van der Waals surface area contributed by atoms with Crippen molar-refractivity contribution in [3.8, 4) is 0 Å². The molecule has 0 bridgehead atoms. The van der Waals surface area contributed by atoms with E-state index < -0.39 is 0 Å². The van der Waals surface area contributed by atoms with Crippen LogP contribution in [0.5, 0.6) is 0 Å². The smallest absolute Gasteiger partial charge is 0.128 e. The van der Waals surface area contributed by atoms with Crippen molar-refractivity contribution < 1.29 is 9.13 Å². The molecule has 0 aliphatic carbocycles. The Morgan fingerprint density at radius 1 is 1.23 bits per heavy atom. The second-order valence-corrected chi connectivity index (χ2v) is 5.45. The summed E-state index contributed by atoms with van der Waals surface area (Å²) in [5.41, 5.74) is 2.79. The second-order valence-electron chi connectivity index (χ2n) is 5.45. The second kappa shape index (κ2) is 6.75. The summed E-state index contributed by atoms with van der Waals surface area (Å²) in [6.07, 6.45) is 1.85. The van der Waals surface area contributed by atoms with Crippen LogP contribution in [0.1, 0.15) is 11.1 Å². The molecule has 0 unspecified atom stereocenters. The molecule has 22 heavy (non-hydrogen) atoms. The fraction of sp³-hybridized carbons (Fsp3) is 0.353. The fourth-order valence-electron chi connectivity index (χ4n) is 2.52. The van der Waals surface area contributed by atoms with E-state index in [4.69, 9.17) is 4.74 Å². The highest BCUT2D eigenvalue weighted by atomic mass is 19.1. The number of hydrogen-bond donors (Lipinski definition) is 1. The topological polar surface area (TPSA) is 37.4 Å². The maximum absolute atomic E-state index is 13.7. The van der Waals surface area contributed by atoms with Gasteiger partial charge in [-0.05, 0) is 25.1 Å². The van der Waals surface area contributed by atoms with E-state index in [0.29, 0.717) is 12.1 Å². The normalized spacial score (nSPS) is 14.9. The predicted octanol–water partition coefficient (Wildman–Crippen LogP) is 2.98. The zero-order valence-electron chi connectivity index (χ0n) is 12.7. The lowest BCUT2D eigenvalue weighted by atomic mass is 10.1. The average molecular weight is 301 g/mol. The Hall–Kier alpha value is -2.14. The first kappa shape index (κ1) is 14.8. The number of nitrogens with zero attached hydrogens (tertiary/aromatic N) is 2. The third kappa shape index (κ3) is 3.54. The molecule has 2 heterocycles. The van der Waals surface area contributed by atoms with Crippen LogP contribution in [0.15, 0.2) is 36.5 Å². The number of ether oxygens (including phenoxy) is 1. The van der Waals surface area contributed by atoms with Gasteiger partial charge < -0.3 is 15.0 Å². The number of morpholine rings is 1. The summed E-state index contributed by atoms with van der Waals surface area (Å²) in [5, 5.41) is 3.16. The van der Waals surface area contributed by atoms with Crippen molar-refractivity contribution in [2.75, 3.05) is 36.5 Å². The molecule has 1 aromatic heterocycles. The molecular formula is C17H20FN3O. The van der Waals surface area contributed by atoms with Gasteiger partial charge in [0.1, 0.15) is 11.6 Å². The SMILES string of the molecule is Cc1ccc(F)c(CNc2ccc(N3CCOCC3)cn2)c1. The summed E-state index contributed by atoms with van der Waals surface area (Å²) in [6, 6.07) is 9.09. The Morgan fingerprint density at radius 2 is 2.05 bits per heavy atom. The molecule has 116 valence electrons. The summed E-state index contributed by atoms with van der Waals surface area (Å²) < 4.78 is 19.0. The molecule has 2 aromatic rings. The van der Waals surface area contributed by atoms with Gasteiger partial charge in [-0.3, -0.25) is 0 Å². The van der Waals surface area contributed by atoms with E-state index in [1.165, 1.54) is 6.07 Å². The zero-order chi connectivity index (χ0) is 15.4. The Labute approximate surface area is 129 Å². The number of halogens is 1. The summed E-state index contributed by atoms with van der Waals surface area (Å²) in [4.78, 5) is 6.66. The number of pyridine rings is 1. The van der Waals surface area contributed by atoms with Crippen LogP contribution in [-0.2, 0) is 11.3 Å². The standard InChI is InChI=1S/C17H20FN3O/c1-13-2-4-16(18)14(10-13)11-19-17-5-3-15(12-20-17)21-6-8-22-9-7-21/h2-5,10,12H,6-9,11H2,1H3,(H,19,20). The van der Waals surface area contributed by atoms with Crippen LogP contribution in [0.2, 0.25) is 0 Å². The van der Waals surface area contributed by atoms with Gasteiger partial charge in [-0.25, -0.2) is 9.37 Å². The predicted molar refractivity (Wildman–Crippen MR) is 85.7 cm³/mol. The van der Waals surface area contributed by atoms with Gasteiger partial charge in [0.15, 0.2) is 0 Å². The minimum atomic E-state index is -0.192. The Balaban J connectivity index is 1.62. The lowest BCUT2D eigenvalue weighted by Crippen LogP contribution is -2.36. The van der Waals surface area contributed by atoms with E-state index in [0.717, 1.165) is 43.4 Å². The van der Waals surface area contributed by atoms with Crippen LogP contribution in [-0.4, -0.2) is 31.3 Å². The lowest BCUT2D eigenvalue weighted by molar-refractivity contribution is 0.122. The molecule has 3 rings (SSSR count). The number of anilines is 2. The maximum atomic E-state index is 13.7. The van der Waals surface area contributed by atoms with Crippen molar-refractivity contribution in [1.29, 1.82) is 0 Å². The van der Waals surface area contributed by atoms with Crippen molar-refractivity contribution in [3.05, 3.63) is 53.5 Å². The van der Waals surface area contributed by atoms with Gasteiger partial charge in [0, 0.05) is 25.2 Å². The largest absolute Gasteiger partial charge is 0.378 e. The first-order valence-corrected chi connectivity index (χ1v) is 7.50. The van der Waals surface area contributed by atoms with Crippen molar-refractivity contribution in [2.45, 2.75) is 13.5 Å². The third-order valence-corrected chi connectivity index (χ3v) is 3.79. The Bertz CT molecular complexity index is 624. The lowest BCUT2D eigenvalue weighted by Gasteiger charge is -2.28. The van der Waals surface area contributed by atoms with Crippen molar-refractivity contribution in [1.82, 2.24) is 4.98 Å². The molecule has 0 spiro atoms. The molecule has 1 N–H and O–H groups in total. The quantitative estimate of drug-likeness (QED) is 0.942. The van der Waals surface area contributed by atoms with Gasteiger partial charge in [-0.1, -0.05) is 17.7 Å². The van der Waals surface area contributed by atoms with Crippen LogP contribution < -0.4 is 10.2 Å². The van der Waals surface area contributed by atoms with Crippen LogP contribution >= 0.6 is 0 Å². The van der Waals surface area contributed by atoms with E-state index in [9.17, 15) is 4.39 Å². The number of benzene rings is 1. The van der Waals surface area contributed by atoms with E-state index in [2.05, 4.69) is 15.2 Å². The molecule has 1 aliphatic rings. The number of hydrogen-bond acceptors (Lipinski definition) is 4. The van der Waals surface area contributed by atoms with Gasteiger partial charge >= 0.3 is 0 Å². The Kier molecular flexibility index (Phi) is 4.53. The number of aryl methyl sites for hydroxylation is 1. The van der Waals surface area contributed by atoms with E-state index in [1.54, 1.807) is 6.07 Å². The molecule has 0 atom stereocenters. The van der Waals surface area contributed by atoms with E-state index >= 15 is 0 Å². The molecule has 1 fully saturated rings. The highest BCUT2D eigenvalue weighted by molar-refractivity contribution is 5.50. The van der Waals surface area contributed by atoms with Crippen LogP contribution in [0.4, 0.5) is 15.9 Å². The van der Waals surface area contributed by atoms with Gasteiger partial charge in [-0.2, -0.15) is 0 Å². The molecule has 0 radical (unpaired) electrons. The molecule has 1 aromatic carbocycles. The fourth-order valence-corrected chi connectivity index (χ4v) is 2.52. The third-order valence-electron chi connectivity index (χ3n) is 3.79. The van der Waals surface area contributed by atoms with Gasteiger partial charge in [0.05, 0.1) is 25.1 Å². The summed E-state index contributed by atoms with van der Waals surface area (Å²) in [5.74, 6) is 0.556. The maximum Gasteiger partial charge on any atom is 0.128 e. The van der Waals surface area contributed by atoms with Crippen LogP contribution in [0.25, 0.3) is 0 Å². The van der Waals surface area contributed by atoms with Gasteiger partial charge in [-0.15, -0.1) is 0 Å². The van der Waals surface area contributed by atoms with Crippen molar-refractivity contribution in [2.24, 2.45) is 0 Å². The molecule has 0 saturated carbocycles. The Morgan fingerprint density at radius 3 is 2.77 bits per heavy atom. The highest BCUT2D eigenvalue weighted by Gasteiger charge is 2.11. The first-order chi connectivity index (χ1) is 10.7. The number of rotatable bonds is 4. The molecular weight excluding hydrogens is 281 g/mol. The molecule has 4 nitrogen and oxygen atoms in total. The van der Waals surface area contributed by atoms with Crippen LogP contribution in [0.3, 0.4) is 0 Å². The summed E-state index contributed by atoms with van der Waals surface area (Å²) in [7, 11) is 0. The van der Waals surface area contributed by atoms with Gasteiger partial charge in [0.2, 0.25) is 0 Å². The van der Waals surface area contributed by atoms with E-state index in [-0.39, 0.29) is 5.82 Å². The van der Waals surface area contributed by atoms with Crippen LogP contribution in [0, 0.1) is 12.7 Å². The monoisotopic (exact) mass is 301 g/mol. The molecule has 0 amide bonds. The zero-order valence-corrected chi connectivity index (χ0v) is 12.7. The summed E-state index contributed by atoms with van der Waals surface area (Å²) >= 11 is 0. The van der Waals surface area contributed by atoms with E-state index in [1.807, 2.05) is 31.3 Å². The van der Waals surface area contributed by atoms with Crippen molar-refractivity contribution in [3.63, 3.8) is 0 Å². The minimum absolute atomic E-state index is 0.192. The number of nitrogens with one attached hydrogen (secondary N) is 1. The highest BCUT2D eigenvalue weighted by Crippen LogP contribution is 2.17. The average Bonchev–Trinajstić information content (AvgIpc) is 2.57. The van der Waals surface area contributed by atoms with Gasteiger partial charge in [0.25, 0.3) is 0 Å². The summed E-state index contributed by atoms with van der Waals surface area (Å²) in [6.45, 7) is 5.68. The first-order valence-electron chi connectivity index (χ1n) is 7.50. The minimum Gasteiger partial charge on any atom is -0.378 e. The molecule has 5 heteroatoms. The molecule has 1 aliphatic heterocycles.